The Morgan fingerprint density at radius 3 is 2.58 bits per heavy atom. The minimum atomic E-state index is 0.163. The van der Waals surface area contributed by atoms with Gasteiger partial charge in [-0.15, -0.1) is 0 Å². The maximum absolute atomic E-state index is 6.04. The Hall–Kier alpha value is -1.38. The van der Waals surface area contributed by atoms with Crippen LogP contribution in [-0.2, 0) is 0 Å². The highest BCUT2D eigenvalue weighted by Crippen LogP contribution is 2.28. The topological polar surface area (TPSA) is 24.9 Å². The van der Waals surface area contributed by atoms with Crippen LogP contribution in [0.4, 0.5) is 0 Å². The van der Waals surface area contributed by atoms with Gasteiger partial charge in [0.05, 0.1) is 6.04 Å². The summed E-state index contributed by atoms with van der Waals surface area (Å²) in [6.45, 7) is 7.23. The normalized spacial score (nSPS) is 12.4. The van der Waals surface area contributed by atoms with E-state index in [1.54, 1.807) is 0 Å². The molecule has 0 amide bonds. The number of aryl methyl sites for hydroxylation is 2. The monoisotopic (exact) mass is 274 g/mol. The predicted molar refractivity (Wildman–Crippen MR) is 80.7 cm³/mol. The lowest BCUT2D eigenvalue weighted by Gasteiger charge is -2.22. The first-order chi connectivity index (χ1) is 9.13. The molecule has 1 N–H and O–H groups in total. The van der Waals surface area contributed by atoms with Crippen molar-refractivity contribution in [3.8, 4) is 0 Å². The molecule has 0 saturated carbocycles. The molecule has 0 aliphatic heterocycles. The molecule has 1 heterocycles. The molecule has 3 heteroatoms. The average molecular weight is 275 g/mol. The van der Waals surface area contributed by atoms with Crippen molar-refractivity contribution in [1.82, 2.24) is 10.3 Å². The zero-order valence-electron chi connectivity index (χ0n) is 11.6. The summed E-state index contributed by atoms with van der Waals surface area (Å²) in [5, 5.41) is 4.31. The molecule has 0 radical (unpaired) electrons. The van der Waals surface area contributed by atoms with E-state index in [1.165, 1.54) is 22.3 Å². The molecule has 1 aromatic heterocycles. The maximum atomic E-state index is 6.04. The minimum Gasteiger partial charge on any atom is -0.306 e. The first-order valence-corrected chi connectivity index (χ1v) is 6.91. The number of aromatic nitrogens is 1. The fourth-order valence-electron chi connectivity index (χ4n) is 2.33. The second kappa shape index (κ2) is 6.18. The van der Waals surface area contributed by atoms with Gasteiger partial charge in [0.2, 0.25) is 0 Å². The van der Waals surface area contributed by atoms with Crippen molar-refractivity contribution >= 4 is 11.6 Å². The van der Waals surface area contributed by atoms with E-state index in [2.05, 4.69) is 37.1 Å². The third-order valence-corrected chi connectivity index (χ3v) is 3.58. The molecule has 1 aromatic carbocycles. The SMILES string of the molecule is CCNC(c1ccc(Cl)cc1C)c1cnccc1C. The van der Waals surface area contributed by atoms with Crippen LogP contribution >= 0.6 is 11.6 Å². The van der Waals surface area contributed by atoms with Crippen LogP contribution in [0, 0.1) is 13.8 Å². The lowest BCUT2D eigenvalue weighted by molar-refractivity contribution is 0.622. The van der Waals surface area contributed by atoms with Gasteiger partial charge in [0.15, 0.2) is 0 Å². The molecule has 2 rings (SSSR count). The lowest BCUT2D eigenvalue weighted by atomic mass is 9.93. The summed E-state index contributed by atoms with van der Waals surface area (Å²) in [5.41, 5.74) is 4.91. The van der Waals surface area contributed by atoms with Crippen LogP contribution in [-0.4, -0.2) is 11.5 Å². The summed E-state index contributed by atoms with van der Waals surface area (Å²) in [6, 6.07) is 8.26. The number of rotatable bonds is 4. The van der Waals surface area contributed by atoms with Crippen LogP contribution in [0.25, 0.3) is 0 Å². The van der Waals surface area contributed by atoms with Gasteiger partial charge in [-0.1, -0.05) is 24.6 Å². The van der Waals surface area contributed by atoms with E-state index in [0.29, 0.717) is 0 Å². The molecular formula is C16H19ClN2. The van der Waals surface area contributed by atoms with Gasteiger partial charge >= 0.3 is 0 Å². The Balaban J connectivity index is 2.48. The van der Waals surface area contributed by atoms with Crippen molar-refractivity contribution in [3.63, 3.8) is 0 Å². The van der Waals surface area contributed by atoms with Crippen LogP contribution < -0.4 is 5.32 Å². The Morgan fingerprint density at radius 2 is 1.95 bits per heavy atom. The third kappa shape index (κ3) is 3.14. The molecule has 100 valence electrons. The van der Waals surface area contributed by atoms with E-state index in [1.807, 2.05) is 30.6 Å². The van der Waals surface area contributed by atoms with Gasteiger partial charge in [-0.3, -0.25) is 4.98 Å². The van der Waals surface area contributed by atoms with Crippen LogP contribution in [0.3, 0.4) is 0 Å². The number of nitrogens with zero attached hydrogens (tertiary/aromatic N) is 1. The molecular weight excluding hydrogens is 256 g/mol. The number of hydrogen-bond donors (Lipinski definition) is 1. The molecule has 2 nitrogen and oxygen atoms in total. The highest BCUT2D eigenvalue weighted by atomic mass is 35.5. The number of halogens is 1. The zero-order chi connectivity index (χ0) is 13.8. The smallest absolute Gasteiger partial charge is 0.0597 e. The lowest BCUT2D eigenvalue weighted by Crippen LogP contribution is -2.23. The standard InChI is InChI=1S/C16H19ClN2/c1-4-19-16(15-10-18-8-7-11(15)2)14-6-5-13(17)9-12(14)3/h5-10,16,19H,4H2,1-3H3. The molecule has 0 aliphatic carbocycles. The molecule has 1 unspecified atom stereocenters. The first kappa shape index (κ1) is 14.0. The molecule has 2 aromatic rings. The highest BCUT2D eigenvalue weighted by Gasteiger charge is 2.17. The van der Waals surface area contributed by atoms with E-state index < -0.39 is 0 Å². The van der Waals surface area contributed by atoms with E-state index in [9.17, 15) is 0 Å². The van der Waals surface area contributed by atoms with Gasteiger partial charge < -0.3 is 5.32 Å². The van der Waals surface area contributed by atoms with Crippen molar-refractivity contribution in [2.75, 3.05) is 6.54 Å². The van der Waals surface area contributed by atoms with E-state index in [0.717, 1.165) is 11.6 Å². The second-order valence-electron chi connectivity index (χ2n) is 4.72. The van der Waals surface area contributed by atoms with Crippen molar-refractivity contribution < 1.29 is 0 Å². The van der Waals surface area contributed by atoms with Crippen LogP contribution in [0.2, 0.25) is 5.02 Å². The van der Waals surface area contributed by atoms with Crippen LogP contribution in [0.5, 0.6) is 0 Å². The largest absolute Gasteiger partial charge is 0.306 e. The minimum absolute atomic E-state index is 0.163. The molecule has 1 atom stereocenters. The summed E-state index contributed by atoms with van der Waals surface area (Å²) in [6.07, 6.45) is 3.77. The Labute approximate surface area is 119 Å². The van der Waals surface area contributed by atoms with Gasteiger partial charge in [-0.05, 0) is 60.8 Å². The van der Waals surface area contributed by atoms with E-state index in [-0.39, 0.29) is 6.04 Å². The summed E-state index contributed by atoms with van der Waals surface area (Å²) in [7, 11) is 0. The number of pyridine rings is 1. The van der Waals surface area contributed by atoms with E-state index in [4.69, 9.17) is 11.6 Å². The number of nitrogens with one attached hydrogen (secondary N) is 1. The second-order valence-corrected chi connectivity index (χ2v) is 5.16. The Kier molecular flexibility index (Phi) is 4.56. The fraction of sp³-hybridized carbons (Fsp3) is 0.312. The van der Waals surface area contributed by atoms with Gasteiger partial charge in [-0.25, -0.2) is 0 Å². The van der Waals surface area contributed by atoms with Crippen molar-refractivity contribution in [1.29, 1.82) is 0 Å². The first-order valence-electron chi connectivity index (χ1n) is 6.53. The van der Waals surface area contributed by atoms with Crippen LogP contribution in [0.15, 0.2) is 36.7 Å². The number of benzene rings is 1. The molecule has 0 aliphatic rings. The maximum Gasteiger partial charge on any atom is 0.0597 e. The van der Waals surface area contributed by atoms with Gasteiger partial charge in [-0.2, -0.15) is 0 Å². The summed E-state index contributed by atoms with van der Waals surface area (Å²) in [4.78, 5) is 4.26. The zero-order valence-corrected chi connectivity index (χ0v) is 12.3. The van der Waals surface area contributed by atoms with Gasteiger partial charge in [0, 0.05) is 17.4 Å². The van der Waals surface area contributed by atoms with Crippen molar-refractivity contribution in [3.05, 3.63) is 63.9 Å². The van der Waals surface area contributed by atoms with E-state index >= 15 is 0 Å². The summed E-state index contributed by atoms with van der Waals surface area (Å²) in [5.74, 6) is 0. The quantitative estimate of drug-likeness (QED) is 0.910. The fourth-order valence-corrected chi connectivity index (χ4v) is 2.56. The highest BCUT2D eigenvalue weighted by molar-refractivity contribution is 6.30. The molecule has 19 heavy (non-hydrogen) atoms. The molecule has 0 fully saturated rings. The molecule has 0 saturated heterocycles. The number of hydrogen-bond acceptors (Lipinski definition) is 2. The van der Waals surface area contributed by atoms with Gasteiger partial charge in [0.1, 0.15) is 0 Å². The summed E-state index contributed by atoms with van der Waals surface area (Å²) >= 11 is 6.04. The van der Waals surface area contributed by atoms with Gasteiger partial charge in [0.25, 0.3) is 0 Å². The Bertz CT molecular complexity index is 566. The van der Waals surface area contributed by atoms with Crippen LogP contribution in [0.1, 0.15) is 35.2 Å². The predicted octanol–water partition coefficient (Wildman–Crippen LogP) is 4.05. The summed E-state index contributed by atoms with van der Waals surface area (Å²) < 4.78 is 0. The third-order valence-electron chi connectivity index (χ3n) is 3.34. The van der Waals surface area contributed by atoms with Crippen molar-refractivity contribution in [2.45, 2.75) is 26.8 Å². The molecule has 0 bridgehead atoms. The average Bonchev–Trinajstić information content (AvgIpc) is 2.38. The Morgan fingerprint density at radius 1 is 1.16 bits per heavy atom. The molecule has 0 spiro atoms. The van der Waals surface area contributed by atoms with Crippen molar-refractivity contribution in [2.24, 2.45) is 0 Å².